The van der Waals surface area contributed by atoms with Crippen molar-refractivity contribution in [2.24, 2.45) is 5.92 Å². The minimum Gasteiger partial charge on any atom is -0.480 e. The Bertz CT molecular complexity index is 549. The first kappa shape index (κ1) is 18.7. The number of carboxylic acid groups (broad SMARTS) is 2. The molecule has 0 bridgehead atoms. The zero-order valence-corrected chi connectivity index (χ0v) is 13.7. The molecule has 0 aliphatic heterocycles. The molecule has 6 heteroatoms. The van der Waals surface area contributed by atoms with Crippen molar-refractivity contribution in [2.45, 2.75) is 33.1 Å². The van der Waals surface area contributed by atoms with Gasteiger partial charge < -0.3 is 15.1 Å². The highest BCUT2D eigenvalue weighted by molar-refractivity contribution is 5.89. The molecule has 0 fully saturated rings. The summed E-state index contributed by atoms with van der Waals surface area (Å²) in [7, 11) is 0. The van der Waals surface area contributed by atoms with Gasteiger partial charge in [-0.05, 0) is 30.4 Å². The van der Waals surface area contributed by atoms with Crippen LogP contribution in [-0.2, 0) is 20.8 Å². The second-order valence-corrected chi connectivity index (χ2v) is 6.04. The van der Waals surface area contributed by atoms with Crippen LogP contribution >= 0.6 is 0 Å². The molecular formula is C17H23NO5. The summed E-state index contributed by atoms with van der Waals surface area (Å²) in [5.41, 5.74) is 1.90. The van der Waals surface area contributed by atoms with Gasteiger partial charge in [-0.15, -0.1) is 0 Å². The number of benzene rings is 1. The van der Waals surface area contributed by atoms with Crippen molar-refractivity contribution in [2.75, 3.05) is 13.1 Å². The van der Waals surface area contributed by atoms with Crippen molar-refractivity contribution in [1.29, 1.82) is 0 Å². The molecule has 0 aliphatic carbocycles. The molecule has 0 aromatic heterocycles. The third kappa shape index (κ3) is 6.10. The van der Waals surface area contributed by atoms with E-state index in [-0.39, 0.29) is 0 Å². The summed E-state index contributed by atoms with van der Waals surface area (Å²) in [4.78, 5) is 34.9. The zero-order chi connectivity index (χ0) is 17.6. The Hall–Kier alpha value is -2.37. The van der Waals surface area contributed by atoms with Crippen LogP contribution in [0.5, 0.6) is 0 Å². The number of rotatable bonds is 8. The van der Waals surface area contributed by atoms with Crippen LogP contribution in [-0.4, -0.2) is 46.0 Å². The number of nitrogens with zero attached hydrogens (tertiary/aromatic N) is 1. The van der Waals surface area contributed by atoms with Crippen LogP contribution in [0.3, 0.4) is 0 Å². The number of carbonyl (C=O) groups excluding carboxylic acids is 1. The predicted octanol–water partition coefficient (Wildman–Crippen LogP) is 1.99. The molecule has 23 heavy (non-hydrogen) atoms. The van der Waals surface area contributed by atoms with Gasteiger partial charge in [0.05, 0.1) is 5.92 Å². The van der Waals surface area contributed by atoms with Gasteiger partial charge in [0.1, 0.15) is 13.1 Å². The quantitative estimate of drug-likeness (QED) is 0.763. The fourth-order valence-electron chi connectivity index (χ4n) is 2.37. The van der Waals surface area contributed by atoms with E-state index < -0.39 is 36.9 Å². The molecule has 0 spiro atoms. The Labute approximate surface area is 135 Å². The van der Waals surface area contributed by atoms with E-state index in [2.05, 4.69) is 13.8 Å². The standard InChI is InChI=1S/C17H23NO5/c1-11(2)8-13-4-6-14(7-5-13)12(3)17(23)18(9-15(19)20)10-16(21)22/h4-7,11-12H,8-10H2,1-3H3,(H,19,20)(H,21,22)/t12-/m1/s1. The minimum absolute atomic E-state index is 0.508. The lowest BCUT2D eigenvalue weighted by Crippen LogP contribution is -2.41. The van der Waals surface area contributed by atoms with Crippen molar-refractivity contribution in [3.05, 3.63) is 35.4 Å². The Morgan fingerprint density at radius 3 is 1.83 bits per heavy atom. The van der Waals surface area contributed by atoms with E-state index in [0.717, 1.165) is 22.4 Å². The molecule has 1 aromatic rings. The lowest BCUT2D eigenvalue weighted by molar-refractivity contribution is -0.149. The molecule has 1 aromatic carbocycles. The van der Waals surface area contributed by atoms with Gasteiger partial charge in [0, 0.05) is 0 Å². The Morgan fingerprint density at radius 2 is 1.43 bits per heavy atom. The van der Waals surface area contributed by atoms with Gasteiger partial charge >= 0.3 is 11.9 Å². The maximum Gasteiger partial charge on any atom is 0.323 e. The van der Waals surface area contributed by atoms with Crippen LogP contribution in [0.2, 0.25) is 0 Å². The average molecular weight is 321 g/mol. The molecule has 0 aliphatic rings. The van der Waals surface area contributed by atoms with Crippen molar-refractivity contribution in [1.82, 2.24) is 4.90 Å². The predicted molar refractivity (Wildman–Crippen MR) is 85.3 cm³/mol. The molecule has 126 valence electrons. The summed E-state index contributed by atoms with van der Waals surface area (Å²) in [5.74, 6) is -3.05. The Balaban J connectivity index is 2.87. The van der Waals surface area contributed by atoms with E-state index in [4.69, 9.17) is 10.2 Å². The number of amides is 1. The SMILES string of the molecule is CC(C)Cc1ccc([C@@H](C)C(=O)N(CC(=O)O)CC(=O)O)cc1. The van der Waals surface area contributed by atoms with Crippen molar-refractivity contribution in [3.63, 3.8) is 0 Å². The number of hydrogen-bond donors (Lipinski definition) is 2. The number of aliphatic carboxylic acids is 2. The topological polar surface area (TPSA) is 94.9 Å². The Kier molecular flexibility index (Phi) is 6.75. The van der Waals surface area contributed by atoms with Gasteiger partial charge in [-0.2, -0.15) is 0 Å². The second-order valence-electron chi connectivity index (χ2n) is 6.04. The molecule has 0 heterocycles. The van der Waals surface area contributed by atoms with E-state index in [9.17, 15) is 14.4 Å². The van der Waals surface area contributed by atoms with E-state index in [0.29, 0.717) is 5.92 Å². The van der Waals surface area contributed by atoms with Crippen LogP contribution in [0, 0.1) is 5.92 Å². The highest BCUT2D eigenvalue weighted by Gasteiger charge is 2.25. The largest absolute Gasteiger partial charge is 0.480 e. The lowest BCUT2D eigenvalue weighted by atomic mass is 9.96. The first-order chi connectivity index (χ1) is 10.7. The second kappa shape index (κ2) is 8.31. The highest BCUT2D eigenvalue weighted by atomic mass is 16.4. The van der Waals surface area contributed by atoms with Gasteiger partial charge in [-0.1, -0.05) is 38.1 Å². The highest BCUT2D eigenvalue weighted by Crippen LogP contribution is 2.20. The smallest absolute Gasteiger partial charge is 0.323 e. The molecule has 0 unspecified atom stereocenters. The number of carbonyl (C=O) groups is 3. The van der Waals surface area contributed by atoms with Crippen LogP contribution in [0.4, 0.5) is 0 Å². The lowest BCUT2D eigenvalue weighted by Gasteiger charge is -2.23. The van der Waals surface area contributed by atoms with Gasteiger partial charge in [0.15, 0.2) is 0 Å². The summed E-state index contributed by atoms with van der Waals surface area (Å²) in [6.07, 6.45) is 0.937. The maximum absolute atomic E-state index is 12.4. The van der Waals surface area contributed by atoms with Crippen LogP contribution in [0.25, 0.3) is 0 Å². The summed E-state index contributed by atoms with van der Waals surface area (Å²) in [5, 5.41) is 17.7. The van der Waals surface area contributed by atoms with Crippen LogP contribution in [0.1, 0.15) is 37.8 Å². The van der Waals surface area contributed by atoms with Gasteiger partial charge in [0.25, 0.3) is 0 Å². The fraction of sp³-hybridized carbons (Fsp3) is 0.471. The summed E-state index contributed by atoms with van der Waals surface area (Å²) in [6, 6.07) is 7.55. The normalized spacial score (nSPS) is 12.0. The average Bonchev–Trinajstić information content (AvgIpc) is 2.44. The van der Waals surface area contributed by atoms with Crippen LogP contribution < -0.4 is 0 Å². The molecule has 1 rings (SSSR count). The number of carboxylic acids is 2. The summed E-state index contributed by atoms with van der Waals surface area (Å²) in [6.45, 7) is 4.64. The van der Waals surface area contributed by atoms with Crippen molar-refractivity contribution < 1.29 is 24.6 Å². The van der Waals surface area contributed by atoms with Crippen molar-refractivity contribution >= 4 is 17.8 Å². The van der Waals surface area contributed by atoms with E-state index in [1.807, 2.05) is 24.3 Å². The van der Waals surface area contributed by atoms with E-state index in [1.54, 1.807) is 6.92 Å². The molecule has 0 saturated heterocycles. The first-order valence-corrected chi connectivity index (χ1v) is 7.52. The molecule has 0 saturated carbocycles. The van der Waals surface area contributed by atoms with E-state index in [1.165, 1.54) is 0 Å². The zero-order valence-electron chi connectivity index (χ0n) is 13.7. The fourth-order valence-corrected chi connectivity index (χ4v) is 2.37. The molecule has 6 nitrogen and oxygen atoms in total. The number of hydrogen-bond acceptors (Lipinski definition) is 3. The minimum atomic E-state index is -1.24. The summed E-state index contributed by atoms with van der Waals surface area (Å²) >= 11 is 0. The maximum atomic E-state index is 12.4. The van der Waals surface area contributed by atoms with Gasteiger partial charge in [-0.25, -0.2) is 0 Å². The van der Waals surface area contributed by atoms with Gasteiger partial charge in [0.2, 0.25) is 5.91 Å². The van der Waals surface area contributed by atoms with Crippen LogP contribution in [0.15, 0.2) is 24.3 Å². The monoisotopic (exact) mass is 321 g/mol. The van der Waals surface area contributed by atoms with Crippen molar-refractivity contribution in [3.8, 4) is 0 Å². The molecule has 1 amide bonds. The summed E-state index contributed by atoms with van der Waals surface area (Å²) < 4.78 is 0. The first-order valence-electron chi connectivity index (χ1n) is 7.52. The Morgan fingerprint density at radius 1 is 0.957 bits per heavy atom. The third-order valence-corrected chi connectivity index (χ3v) is 3.46. The molecule has 1 atom stereocenters. The molecule has 2 N–H and O–H groups in total. The molecule has 0 radical (unpaired) electrons. The third-order valence-electron chi connectivity index (χ3n) is 3.46. The molecular weight excluding hydrogens is 298 g/mol. The van der Waals surface area contributed by atoms with E-state index >= 15 is 0 Å². The van der Waals surface area contributed by atoms with Gasteiger partial charge in [-0.3, -0.25) is 14.4 Å².